The lowest BCUT2D eigenvalue weighted by molar-refractivity contribution is 0.232. The lowest BCUT2D eigenvalue weighted by Gasteiger charge is -2.54. The number of hydrogen-bond acceptors (Lipinski definition) is 4. The lowest BCUT2D eigenvalue weighted by atomic mass is 9.50. The molecule has 5 aliphatic rings. The zero-order chi connectivity index (χ0) is 54.9. The Balaban J connectivity index is 0.000000418. The van der Waals surface area contributed by atoms with Gasteiger partial charge in [-0.05, 0) is 90.4 Å². The molecule has 0 spiro atoms. The summed E-state index contributed by atoms with van der Waals surface area (Å²) in [4.78, 5) is 17.1. The predicted molar refractivity (Wildman–Crippen MR) is 310 cm³/mol. The monoisotopic (exact) mass is 955 g/mol. The molecular formula is C66H106N4. The molecule has 0 saturated heterocycles. The summed E-state index contributed by atoms with van der Waals surface area (Å²) in [5.74, 6) is 0. The second-order valence-electron chi connectivity index (χ2n) is 23.4. The maximum atomic E-state index is 4.41. The fraction of sp³-hybridized carbons (Fsp3) is 0.606. The second-order valence-corrected chi connectivity index (χ2v) is 23.4. The summed E-state index contributed by atoms with van der Waals surface area (Å²) < 4.78 is 0. The van der Waals surface area contributed by atoms with E-state index < -0.39 is 0 Å². The topological polar surface area (TPSA) is 51.6 Å². The Morgan fingerprint density at radius 1 is 0.229 bits per heavy atom. The number of pyridine rings is 4. The molecule has 0 N–H and O–H groups in total. The van der Waals surface area contributed by atoms with E-state index in [1.165, 1.54) is 55.9 Å². The van der Waals surface area contributed by atoms with Crippen molar-refractivity contribution in [3.05, 3.63) is 154 Å². The van der Waals surface area contributed by atoms with E-state index in [9.17, 15) is 0 Å². The Morgan fingerprint density at radius 3 is 0.686 bits per heavy atom. The van der Waals surface area contributed by atoms with Crippen LogP contribution in [0.1, 0.15) is 264 Å². The van der Waals surface area contributed by atoms with Gasteiger partial charge >= 0.3 is 0 Å². The van der Waals surface area contributed by atoms with Gasteiger partial charge in [-0.3, -0.25) is 19.9 Å². The van der Waals surface area contributed by atoms with Crippen LogP contribution in [0.5, 0.6) is 0 Å². The lowest BCUT2D eigenvalue weighted by Crippen LogP contribution is -2.51. The maximum Gasteiger partial charge on any atom is 0.0506 e. The highest BCUT2D eigenvalue weighted by Crippen LogP contribution is 2.58. The summed E-state index contributed by atoms with van der Waals surface area (Å²) in [5, 5.41) is 0. The van der Waals surface area contributed by atoms with Crippen LogP contribution in [-0.2, 0) is 54.1 Å². The SMILES string of the molecule is CC.CC.CC.CC.CC.CC1(C)c2ccccc2C1(C)C.CC1(C)c2cccnc2C1(C)C.CC1(C)c2cccnc2C1(C)C.CC1(C)c2ccncc2C1(C)C.CC1(C)c2ccncc2C1(C)C. The highest BCUT2D eigenvalue weighted by atomic mass is 14.8. The molecule has 0 amide bonds. The smallest absolute Gasteiger partial charge is 0.0506 e. The van der Waals surface area contributed by atoms with Crippen LogP contribution in [0.4, 0.5) is 0 Å². The molecule has 4 heteroatoms. The number of hydrogen-bond donors (Lipinski definition) is 0. The van der Waals surface area contributed by atoms with Crippen LogP contribution in [0, 0.1) is 0 Å². The summed E-state index contributed by atoms with van der Waals surface area (Å²) in [6.45, 7) is 65.9. The van der Waals surface area contributed by atoms with Crippen molar-refractivity contribution in [2.45, 2.75) is 262 Å². The molecule has 0 saturated carbocycles. The number of nitrogens with zero attached hydrogens (tertiary/aromatic N) is 4. The van der Waals surface area contributed by atoms with Crippen LogP contribution in [0.15, 0.2) is 97.8 Å². The van der Waals surface area contributed by atoms with Crippen molar-refractivity contribution in [2.24, 2.45) is 0 Å². The first kappa shape index (κ1) is 63.8. The van der Waals surface area contributed by atoms with Crippen LogP contribution < -0.4 is 0 Å². The van der Waals surface area contributed by atoms with Gasteiger partial charge in [0.1, 0.15) is 0 Å². The molecule has 0 fully saturated rings. The summed E-state index contributed by atoms with van der Waals surface area (Å²) in [5.41, 5.74) is 17.1. The van der Waals surface area contributed by atoms with E-state index in [0.29, 0.717) is 21.7 Å². The average molecular weight is 956 g/mol. The third-order valence-electron chi connectivity index (χ3n) is 18.6. The van der Waals surface area contributed by atoms with Crippen LogP contribution in [0.3, 0.4) is 0 Å². The molecular weight excluding hydrogens is 849 g/mol. The molecule has 70 heavy (non-hydrogen) atoms. The first-order valence-corrected chi connectivity index (χ1v) is 27.3. The Bertz CT molecular complexity index is 1840. The van der Waals surface area contributed by atoms with Crippen LogP contribution in [-0.4, -0.2) is 19.9 Å². The van der Waals surface area contributed by atoms with E-state index in [4.69, 9.17) is 0 Å². The van der Waals surface area contributed by atoms with Crippen molar-refractivity contribution in [3.8, 4) is 0 Å². The van der Waals surface area contributed by atoms with Crippen molar-refractivity contribution in [2.75, 3.05) is 0 Å². The number of fused-ring (bicyclic) bond motifs is 5. The molecule has 4 heterocycles. The minimum Gasteiger partial charge on any atom is -0.264 e. The zero-order valence-electron chi connectivity index (χ0n) is 51.0. The van der Waals surface area contributed by atoms with Crippen molar-refractivity contribution in [3.63, 3.8) is 0 Å². The van der Waals surface area contributed by atoms with Crippen LogP contribution in [0.2, 0.25) is 0 Å². The van der Waals surface area contributed by atoms with Gasteiger partial charge in [0.2, 0.25) is 0 Å². The molecule has 1 aromatic carbocycles. The van der Waals surface area contributed by atoms with Gasteiger partial charge in [-0.1, -0.05) is 244 Å². The summed E-state index contributed by atoms with van der Waals surface area (Å²) in [7, 11) is 0. The van der Waals surface area contributed by atoms with Crippen molar-refractivity contribution in [1.82, 2.24) is 19.9 Å². The maximum absolute atomic E-state index is 4.41. The molecule has 390 valence electrons. The molecule has 4 nitrogen and oxygen atoms in total. The van der Waals surface area contributed by atoms with Crippen molar-refractivity contribution < 1.29 is 0 Å². The first-order chi connectivity index (χ1) is 32.4. The van der Waals surface area contributed by atoms with E-state index >= 15 is 0 Å². The highest BCUT2D eigenvalue weighted by Gasteiger charge is 2.54. The fourth-order valence-corrected chi connectivity index (χ4v) is 10.2. The third kappa shape index (κ3) is 10.4. The Kier molecular flexibility index (Phi) is 21.5. The molecule has 0 unspecified atom stereocenters. The first-order valence-electron chi connectivity index (χ1n) is 27.3. The Hall–Kier alpha value is -4.18. The van der Waals surface area contributed by atoms with E-state index in [-0.39, 0.29) is 32.5 Å². The van der Waals surface area contributed by atoms with Crippen molar-refractivity contribution in [1.29, 1.82) is 0 Å². The second kappa shape index (κ2) is 23.6. The zero-order valence-corrected chi connectivity index (χ0v) is 51.0. The van der Waals surface area contributed by atoms with Gasteiger partial charge in [-0.2, -0.15) is 0 Å². The number of rotatable bonds is 0. The summed E-state index contributed by atoms with van der Waals surface area (Å²) in [6.07, 6.45) is 11.5. The minimum atomic E-state index is 0.240. The Labute approximate surface area is 433 Å². The van der Waals surface area contributed by atoms with E-state index in [2.05, 4.69) is 207 Å². The molecule has 0 atom stereocenters. The van der Waals surface area contributed by atoms with Crippen LogP contribution >= 0.6 is 0 Å². The Morgan fingerprint density at radius 2 is 0.443 bits per heavy atom. The summed E-state index contributed by atoms with van der Waals surface area (Å²) in [6, 6.07) is 21.5. The highest BCUT2D eigenvalue weighted by molar-refractivity contribution is 5.54. The number of aromatic nitrogens is 4. The standard InChI is InChI=1S/C12H16.4C11H15N.5C2H6/c1-11(2)9-7-5-6-8-10(9)12(11,3)4;2*1-10(2)8-5-6-12-7-9(8)11(10,3)4;2*1-10(2)8-6-5-7-12-9(8)11(10,3)4;5*1-2/h5-8H,1-4H3;4*5-7H,1-4H3;5*1-2H3. The van der Waals surface area contributed by atoms with Crippen LogP contribution in [0.25, 0.3) is 0 Å². The van der Waals surface area contributed by atoms with Gasteiger partial charge in [0, 0.05) is 69.7 Å². The molecule has 0 bridgehead atoms. The summed E-state index contributed by atoms with van der Waals surface area (Å²) >= 11 is 0. The quantitative estimate of drug-likeness (QED) is 0.155. The number of benzene rings is 1. The van der Waals surface area contributed by atoms with E-state index in [1.807, 2.05) is 119 Å². The molecule has 10 rings (SSSR count). The van der Waals surface area contributed by atoms with Gasteiger partial charge in [-0.15, -0.1) is 0 Å². The average Bonchev–Trinajstić information content (AvgIpc) is 3.37. The normalized spacial score (nSPS) is 19.9. The predicted octanol–water partition coefficient (Wildman–Crippen LogP) is 19.0. The van der Waals surface area contributed by atoms with Crippen molar-refractivity contribution >= 4 is 0 Å². The fourth-order valence-electron chi connectivity index (χ4n) is 10.2. The van der Waals surface area contributed by atoms with E-state index in [0.717, 1.165) is 0 Å². The van der Waals surface area contributed by atoms with Gasteiger partial charge in [0.05, 0.1) is 11.4 Å². The van der Waals surface area contributed by atoms with E-state index in [1.54, 1.807) is 0 Å². The minimum absolute atomic E-state index is 0.240. The van der Waals surface area contributed by atoms with Gasteiger partial charge in [-0.25, -0.2) is 0 Å². The van der Waals surface area contributed by atoms with Gasteiger partial charge in [0.25, 0.3) is 0 Å². The molecule has 4 aromatic heterocycles. The molecule has 5 aromatic rings. The van der Waals surface area contributed by atoms with Gasteiger partial charge < -0.3 is 0 Å². The molecule has 0 aliphatic heterocycles. The third-order valence-corrected chi connectivity index (χ3v) is 18.6. The molecule has 0 radical (unpaired) electrons. The molecule has 5 aliphatic carbocycles. The largest absolute Gasteiger partial charge is 0.264 e. The van der Waals surface area contributed by atoms with Gasteiger partial charge in [0.15, 0.2) is 0 Å².